The maximum Gasteiger partial charge on any atom is 0.148 e. The summed E-state index contributed by atoms with van der Waals surface area (Å²) < 4.78 is 21.3. The Balaban J connectivity index is 3.34. The van der Waals surface area contributed by atoms with Crippen molar-refractivity contribution in [3.8, 4) is 0 Å². The average Bonchev–Trinajstić information content (AvgIpc) is 1.96. The predicted molar refractivity (Wildman–Crippen MR) is 48.8 cm³/mol. The standard InChI is InChI=1S/C7H17NO3S/c1-7(6-9)5-8-3-4-12(2,10)11/h7-9H,3-6H2,1-2H3. The Bertz CT molecular complexity index is 201. The molecule has 0 radical (unpaired) electrons. The van der Waals surface area contributed by atoms with Crippen molar-refractivity contribution in [2.45, 2.75) is 6.92 Å². The Morgan fingerprint density at radius 3 is 2.50 bits per heavy atom. The lowest BCUT2D eigenvalue weighted by Gasteiger charge is -2.08. The first kappa shape index (κ1) is 11.9. The second-order valence-electron chi connectivity index (χ2n) is 3.12. The number of hydrogen-bond donors (Lipinski definition) is 2. The lowest BCUT2D eigenvalue weighted by Crippen LogP contribution is -2.28. The SMILES string of the molecule is CC(CO)CNCCS(C)(=O)=O. The first-order chi connectivity index (χ1) is 5.45. The minimum absolute atomic E-state index is 0.131. The van der Waals surface area contributed by atoms with Gasteiger partial charge in [-0.25, -0.2) is 8.42 Å². The molecule has 0 bridgehead atoms. The Morgan fingerprint density at radius 2 is 2.08 bits per heavy atom. The number of hydrogen-bond acceptors (Lipinski definition) is 4. The van der Waals surface area contributed by atoms with E-state index in [9.17, 15) is 8.42 Å². The molecule has 0 amide bonds. The molecule has 0 saturated heterocycles. The molecule has 2 N–H and O–H groups in total. The van der Waals surface area contributed by atoms with Crippen molar-refractivity contribution in [2.24, 2.45) is 5.92 Å². The van der Waals surface area contributed by atoms with Gasteiger partial charge in [-0.1, -0.05) is 6.92 Å². The summed E-state index contributed by atoms with van der Waals surface area (Å²) >= 11 is 0. The average molecular weight is 195 g/mol. The Morgan fingerprint density at radius 1 is 1.50 bits per heavy atom. The topological polar surface area (TPSA) is 66.4 Å². The molecule has 1 atom stereocenters. The monoisotopic (exact) mass is 195 g/mol. The molecule has 0 aromatic carbocycles. The van der Waals surface area contributed by atoms with Gasteiger partial charge in [-0.05, 0) is 12.5 Å². The van der Waals surface area contributed by atoms with Crippen LogP contribution in [0, 0.1) is 5.92 Å². The van der Waals surface area contributed by atoms with Crippen LogP contribution in [0.1, 0.15) is 6.92 Å². The summed E-state index contributed by atoms with van der Waals surface area (Å²) in [6.07, 6.45) is 1.21. The van der Waals surface area contributed by atoms with Crippen LogP contribution < -0.4 is 5.32 Å². The van der Waals surface area contributed by atoms with Gasteiger partial charge in [0.15, 0.2) is 0 Å². The van der Waals surface area contributed by atoms with Gasteiger partial charge < -0.3 is 10.4 Å². The molecule has 0 saturated carbocycles. The zero-order chi connectivity index (χ0) is 9.61. The van der Waals surface area contributed by atoms with Gasteiger partial charge in [0.2, 0.25) is 0 Å². The van der Waals surface area contributed by atoms with E-state index in [0.717, 1.165) is 0 Å². The number of aliphatic hydroxyl groups is 1. The number of nitrogens with one attached hydrogen (secondary N) is 1. The van der Waals surface area contributed by atoms with Crippen LogP contribution in [0.25, 0.3) is 0 Å². The van der Waals surface area contributed by atoms with E-state index < -0.39 is 9.84 Å². The summed E-state index contributed by atoms with van der Waals surface area (Å²) in [6.45, 7) is 3.15. The van der Waals surface area contributed by atoms with Gasteiger partial charge >= 0.3 is 0 Å². The van der Waals surface area contributed by atoms with Crippen LogP contribution in [0.4, 0.5) is 0 Å². The molecule has 74 valence electrons. The van der Waals surface area contributed by atoms with Crippen molar-refractivity contribution in [2.75, 3.05) is 31.7 Å². The Hall–Kier alpha value is -0.130. The third-order valence-corrected chi connectivity index (χ3v) is 2.40. The van der Waals surface area contributed by atoms with E-state index in [2.05, 4.69) is 5.32 Å². The van der Waals surface area contributed by atoms with Crippen LogP contribution in [0.2, 0.25) is 0 Å². The quantitative estimate of drug-likeness (QED) is 0.547. The fourth-order valence-corrected chi connectivity index (χ4v) is 1.19. The summed E-state index contributed by atoms with van der Waals surface area (Å²) in [5, 5.41) is 11.6. The van der Waals surface area contributed by atoms with Gasteiger partial charge in [0.05, 0.1) is 5.75 Å². The van der Waals surface area contributed by atoms with Crippen LogP contribution in [-0.2, 0) is 9.84 Å². The number of rotatable bonds is 6. The molecule has 0 aliphatic heterocycles. The molecule has 0 aliphatic carbocycles. The molecule has 1 unspecified atom stereocenters. The Labute approximate surface area is 73.9 Å². The fraction of sp³-hybridized carbons (Fsp3) is 1.00. The van der Waals surface area contributed by atoms with Crippen molar-refractivity contribution in [3.05, 3.63) is 0 Å². The van der Waals surface area contributed by atoms with E-state index in [1.54, 1.807) is 0 Å². The smallest absolute Gasteiger partial charge is 0.148 e. The van der Waals surface area contributed by atoms with Crippen LogP contribution in [-0.4, -0.2) is 45.2 Å². The molecule has 5 heteroatoms. The highest BCUT2D eigenvalue weighted by Crippen LogP contribution is 1.88. The second-order valence-corrected chi connectivity index (χ2v) is 5.38. The van der Waals surface area contributed by atoms with Crippen LogP contribution in [0.5, 0.6) is 0 Å². The van der Waals surface area contributed by atoms with Crippen LogP contribution in [0.3, 0.4) is 0 Å². The maximum absolute atomic E-state index is 10.7. The zero-order valence-corrected chi connectivity index (χ0v) is 8.39. The van der Waals surface area contributed by atoms with E-state index >= 15 is 0 Å². The molecule has 0 aromatic heterocycles. The van der Waals surface area contributed by atoms with Crippen molar-refractivity contribution >= 4 is 9.84 Å². The highest BCUT2D eigenvalue weighted by molar-refractivity contribution is 7.90. The lowest BCUT2D eigenvalue weighted by molar-refractivity contribution is 0.234. The lowest BCUT2D eigenvalue weighted by atomic mass is 10.2. The van der Waals surface area contributed by atoms with E-state index in [1.165, 1.54) is 6.26 Å². The molecule has 12 heavy (non-hydrogen) atoms. The second kappa shape index (κ2) is 5.50. The first-order valence-electron chi connectivity index (χ1n) is 3.95. The third kappa shape index (κ3) is 7.97. The molecule has 0 heterocycles. The van der Waals surface area contributed by atoms with Crippen molar-refractivity contribution < 1.29 is 13.5 Å². The van der Waals surface area contributed by atoms with E-state index in [-0.39, 0.29) is 18.3 Å². The summed E-state index contributed by atoms with van der Waals surface area (Å²) in [5.74, 6) is 0.343. The molecule has 0 spiro atoms. The fourth-order valence-electron chi connectivity index (χ4n) is 0.671. The largest absolute Gasteiger partial charge is 0.396 e. The van der Waals surface area contributed by atoms with Crippen molar-refractivity contribution in [3.63, 3.8) is 0 Å². The Kier molecular flexibility index (Phi) is 5.44. The molecule has 4 nitrogen and oxygen atoms in total. The summed E-state index contributed by atoms with van der Waals surface area (Å²) in [7, 11) is -2.85. The minimum Gasteiger partial charge on any atom is -0.396 e. The van der Waals surface area contributed by atoms with Crippen LogP contribution >= 0.6 is 0 Å². The van der Waals surface area contributed by atoms with Gasteiger partial charge in [-0.15, -0.1) is 0 Å². The highest BCUT2D eigenvalue weighted by Gasteiger charge is 2.02. The molecular formula is C7H17NO3S. The molecule has 0 rings (SSSR count). The summed E-state index contributed by atoms with van der Waals surface area (Å²) in [6, 6.07) is 0. The number of sulfone groups is 1. The summed E-state index contributed by atoms with van der Waals surface area (Å²) in [4.78, 5) is 0. The van der Waals surface area contributed by atoms with Gasteiger partial charge in [-0.2, -0.15) is 0 Å². The van der Waals surface area contributed by atoms with E-state index in [4.69, 9.17) is 5.11 Å². The van der Waals surface area contributed by atoms with E-state index in [0.29, 0.717) is 13.1 Å². The predicted octanol–water partition coefficient (Wildman–Crippen LogP) is -0.751. The van der Waals surface area contributed by atoms with Gasteiger partial charge in [-0.3, -0.25) is 0 Å². The zero-order valence-electron chi connectivity index (χ0n) is 7.58. The maximum atomic E-state index is 10.7. The van der Waals surface area contributed by atoms with Crippen molar-refractivity contribution in [1.82, 2.24) is 5.32 Å². The van der Waals surface area contributed by atoms with Gasteiger partial charge in [0, 0.05) is 19.4 Å². The molecule has 0 fully saturated rings. The summed E-state index contributed by atoms with van der Waals surface area (Å²) in [5.41, 5.74) is 0. The van der Waals surface area contributed by atoms with Gasteiger partial charge in [0.1, 0.15) is 9.84 Å². The third-order valence-electron chi connectivity index (χ3n) is 1.45. The number of aliphatic hydroxyl groups excluding tert-OH is 1. The normalized spacial score (nSPS) is 14.6. The van der Waals surface area contributed by atoms with E-state index in [1.807, 2.05) is 6.92 Å². The van der Waals surface area contributed by atoms with Crippen molar-refractivity contribution in [1.29, 1.82) is 0 Å². The molecular weight excluding hydrogens is 178 g/mol. The van der Waals surface area contributed by atoms with Gasteiger partial charge in [0.25, 0.3) is 0 Å². The van der Waals surface area contributed by atoms with Crippen LogP contribution in [0.15, 0.2) is 0 Å². The first-order valence-corrected chi connectivity index (χ1v) is 6.01. The molecule has 0 aliphatic rings. The highest BCUT2D eigenvalue weighted by atomic mass is 32.2. The molecule has 0 aromatic rings. The minimum atomic E-state index is -2.85.